The molecule has 0 bridgehead atoms. The van der Waals surface area contributed by atoms with E-state index in [0.29, 0.717) is 22.4 Å². The molecule has 1 aromatic carbocycles. The first kappa shape index (κ1) is 16.9. The van der Waals surface area contributed by atoms with Crippen molar-refractivity contribution in [3.63, 3.8) is 0 Å². The highest BCUT2D eigenvalue weighted by atomic mass is 35.5. The normalized spacial score (nSPS) is 21.3. The van der Waals surface area contributed by atoms with Crippen molar-refractivity contribution in [1.82, 2.24) is 4.90 Å². The molecule has 0 radical (unpaired) electrons. The summed E-state index contributed by atoms with van der Waals surface area (Å²) in [5.74, 6) is 1.02. The van der Waals surface area contributed by atoms with Crippen LogP contribution >= 0.6 is 11.6 Å². The predicted octanol–water partition coefficient (Wildman–Crippen LogP) is 3.36. The maximum Gasteiger partial charge on any atom is 0.321 e. The van der Waals surface area contributed by atoms with Crippen LogP contribution in [0.1, 0.15) is 25.7 Å². The van der Waals surface area contributed by atoms with Crippen LogP contribution in [0.4, 0.5) is 10.5 Å². The molecule has 0 saturated heterocycles. The van der Waals surface area contributed by atoms with E-state index in [0.717, 1.165) is 25.7 Å². The maximum atomic E-state index is 12.4. The number of anilines is 1. The van der Waals surface area contributed by atoms with Gasteiger partial charge in [0, 0.05) is 25.8 Å². The number of nitrogens with zero attached hydrogens (tertiary/aromatic N) is 1. The molecule has 1 fully saturated rings. The molecule has 1 saturated carbocycles. The van der Waals surface area contributed by atoms with Gasteiger partial charge >= 0.3 is 6.03 Å². The number of rotatable bonds is 4. The molecule has 1 aliphatic rings. The Morgan fingerprint density at radius 3 is 2.68 bits per heavy atom. The lowest BCUT2D eigenvalue weighted by molar-refractivity contribution is 0.139. The third-order valence-electron chi connectivity index (χ3n) is 4.36. The second kappa shape index (κ2) is 7.70. The number of halogens is 1. The van der Waals surface area contributed by atoms with Gasteiger partial charge in [-0.05, 0) is 43.7 Å². The number of carbonyl (C=O) groups is 1. The van der Waals surface area contributed by atoms with Crippen molar-refractivity contribution in [2.45, 2.75) is 31.7 Å². The molecule has 2 rings (SSSR count). The Balaban J connectivity index is 1.97. The van der Waals surface area contributed by atoms with Crippen LogP contribution in [-0.4, -0.2) is 42.8 Å². The molecule has 0 spiro atoms. The van der Waals surface area contributed by atoms with Gasteiger partial charge in [0.05, 0.1) is 17.8 Å². The fraction of sp³-hybridized carbons (Fsp3) is 0.562. The van der Waals surface area contributed by atoms with Crippen LogP contribution < -0.4 is 10.1 Å². The summed E-state index contributed by atoms with van der Waals surface area (Å²) in [7, 11) is 3.37. The van der Waals surface area contributed by atoms with E-state index in [-0.39, 0.29) is 18.7 Å². The van der Waals surface area contributed by atoms with Crippen LogP contribution in [-0.2, 0) is 0 Å². The smallest absolute Gasteiger partial charge is 0.321 e. The Hall–Kier alpha value is -1.46. The SMILES string of the molecule is COc1ccc(Cl)c(NC(=O)N(C)C2CCC(CO)CC2)c1. The maximum absolute atomic E-state index is 12.4. The van der Waals surface area contributed by atoms with E-state index >= 15 is 0 Å². The van der Waals surface area contributed by atoms with E-state index in [1.165, 1.54) is 0 Å². The number of urea groups is 1. The highest BCUT2D eigenvalue weighted by Crippen LogP contribution is 2.29. The Bertz CT molecular complexity index is 516. The lowest BCUT2D eigenvalue weighted by Gasteiger charge is -2.34. The molecule has 0 heterocycles. The minimum Gasteiger partial charge on any atom is -0.497 e. The summed E-state index contributed by atoms with van der Waals surface area (Å²) in [6, 6.07) is 5.17. The monoisotopic (exact) mass is 326 g/mol. The van der Waals surface area contributed by atoms with Crippen molar-refractivity contribution >= 4 is 23.3 Å². The Labute approximate surface area is 136 Å². The van der Waals surface area contributed by atoms with E-state index in [1.54, 1.807) is 37.3 Å². The highest BCUT2D eigenvalue weighted by Gasteiger charge is 2.26. The summed E-state index contributed by atoms with van der Waals surface area (Å²) in [5, 5.41) is 12.5. The van der Waals surface area contributed by atoms with E-state index < -0.39 is 0 Å². The van der Waals surface area contributed by atoms with Crippen LogP contribution in [0.3, 0.4) is 0 Å². The topological polar surface area (TPSA) is 61.8 Å². The zero-order chi connectivity index (χ0) is 16.1. The van der Waals surface area contributed by atoms with Gasteiger partial charge in [0.15, 0.2) is 0 Å². The quantitative estimate of drug-likeness (QED) is 0.891. The molecule has 1 aliphatic carbocycles. The molecule has 0 aliphatic heterocycles. The summed E-state index contributed by atoms with van der Waals surface area (Å²) in [6.07, 6.45) is 3.75. The summed E-state index contributed by atoms with van der Waals surface area (Å²) in [5.41, 5.74) is 0.543. The number of hydrogen-bond acceptors (Lipinski definition) is 3. The number of carbonyl (C=O) groups excluding carboxylic acids is 1. The molecular weight excluding hydrogens is 304 g/mol. The van der Waals surface area contributed by atoms with Crippen LogP contribution in [0.2, 0.25) is 5.02 Å². The number of ether oxygens (including phenoxy) is 1. The predicted molar refractivity (Wildman–Crippen MR) is 87.6 cm³/mol. The van der Waals surface area contributed by atoms with Crippen LogP contribution in [0.15, 0.2) is 18.2 Å². The number of methoxy groups -OCH3 is 1. The van der Waals surface area contributed by atoms with Crippen molar-refractivity contribution < 1.29 is 14.6 Å². The fourth-order valence-corrected chi connectivity index (χ4v) is 2.98. The number of hydrogen-bond donors (Lipinski definition) is 2. The molecule has 2 amide bonds. The Kier molecular flexibility index (Phi) is 5.91. The van der Waals surface area contributed by atoms with E-state index in [9.17, 15) is 9.90 Å². The minimum atomic E-state index is -0.178. The molecule has 0 aromatic heterocycles. The zero-order valence-corrected chi connectivity index (χ0v) is 13.8. The standard InChI is InChI=1S/C16H23ClN2O3/c1-19(12-5-3-11(10-20)4-6-12)16(21)18-15-9-13(22-2)7-8-14(15)17/h7-9,11-12,20H,3-6,10H2,1-2H3,(H,18,21). The number of benzene rings is 1. The molecular formula is C16H23ClN2O3. The van der Waals surface area contributed by atoms with Crippen molar-refractivity contribution in [1.29, 1.82) is 0 Å². The summed E-state index contributed by atoms with van der Waals surface area (Å²) >= 11 is 6.11. The van der Waals surface area contributed by atoms with E-state index in [4.69, 9.17) is 16.3 Å². The van der Waals surface area contributed by atoms with Gasteiger partial charge < -0.3 is 20.1 Å². The third-order valence-corrected chi connectivity index (χ3v) is 4.69. The Morgan fingerprint density at radius 1 is 1.41 bits per heavy atom. The first-order valence-corrected chi connectivity index (χ1v) is 7.91. The van der Waals surface area contributed by atoms with E-state index in [1.807, 2.05) is 0 Å². The van der Waals surface area contributed by atoms with Gasteiger partial charge in [-0.25, -0.2) is 4.79 Å². The van der Waals surface area contributed by atoms with Crippen LogP contribution in [0.25, 0.3) is 0 Å². The molecule has 0 atom stereocenters. The highest BCUT2D eigenvalue weighted by molar-refractivity contribution is 6.33. The summed E-state index contributed by atoms with van der Waals surface area (Å²) < 4.78 is 5.15. The van der Waals surface area contributed by atoms with Gasteiger partial charge in [-0.3, -0.25) is 0 Å². The zero-order valence-electron chi connectivity index (χ0n) is 13.0. The van der Waals surface area contributed by atoms with Crippen molar-refractivity contribution in [2.75, 3.05) is 26.1 Å². The molecule has 0 unspecified atom stereocenters. The van der Waals surface area contributed by atoms with Gasteiger partial charge in [-0.2, -0.15) is 0 Å². The second-order valence-corrected chi connectivity index (χ2v) is 6.15. The van der Waals surface area contributed by atoms with Gasteiger partial charge in [-0.1, -0.05) is 11.6 Å². The third kappa shape index (κ3) is 4.05. The largest absolute Gasteiger partial charge is 0.497 e. The molecule has 5 nitrogen and oxygen atoms in total. The van der Waals surface area contributed by atoms with Crippen molar-refractivity contribution in [3.05, 3.63) is 23.2 Å². The fourth-order valence-electron chi connectivity index (χ4n) is 2.81. The van der Waals surface area contributed by atoms with Crippen LogP contribution in [0, 0.1) is 5.92 Å². The first-order valence-electron chi connectivity index (χ1n) is 7.53. The van der Waals surface area contributed by atoms with Gasteiger partial charge in [0.1, 0.15) is 5.75 Å². The number of amides is 2. The average Bonchev–Trinajstić information content (AvgIpc) is 2.56. The van der Waals surface area contributed by atoms with Crippen molar-refractivity contribution in [2.24, 2.45) is 5.92 Å². The molecule has 22 heavy (non-hydrogen) atoms. The molecule has 1 aromatic rings. The number of aliphatic hydroxyl groups excluding tert-OH is 1. The van der Waals surface area contributed by atoms with E-state index in [2.05, 4.69) is 5.32 Å². The molecule has 6 heteroatoms. The number of nitrogens with one attached hydrogen (secondary N) is 1. The van der Waals surface area contributed by atoms with Gasteiger partial charge in [-0.15, -0.1) is 0 Å². The van der Waals surface area contributed by atoms with Crippen LogP contribution in [0.5, 0.6) is 5.75 Å². The minimum absolute atomic E-state index is 0.178. The number of aliphatic hydroxyl groups is 1. The summed E-state index contributed by atoms with van der Waals surface area (Å²) in [6.45, 7) is 0.238. The molecule has 122 valence electrons. The van der Waals surface area contributed by atoms with Crippen molar-refractivity contribution in [3.8, 4) is 5.75 Å². The molecule has 2 N–H and O–H groups in total. The average molecular weight is 327 g/mol. The Morgan fingerprint density at radius 2 is 2.09 bits per heavy atom. The summed E-state index contributed by atoms with van der Waals surface area (Å²) in [4.78, 5) is 14.1. The second-order valence-electron chi connectivity index (χ2n) is 5.74. The van der Waals surface area contributed by atoms with Gasteiger partial charge in [0.25, 0.3) is 0 Å². The lowest BCUT2D eigenvalue weighted by Crippen LogP contribution is -2.42. The first-order chi connectivity index (χ1) is 10.5. The van der Waals surface area contributed by atoms with Gasteiger partial charge in [0.2, 0.25) is 0 Å². The lowest BCUT2D eigenvalue weighted by atomic mass is 9.86.